The monoisotopic (exact) mass is 231 g/mol. The molecule has 0 saturated heterocycles. The van der Waals surface area contributed by atoms with Gasteiger partial charge >= 0.3 is 0 Å². The Bertz CT molecular complexity index is 509. The number of nitrogens with two attached hydrogens (primary N) is 1. The molecule has 0 fully saturated rings. The number of hydrogen-bond acceptors (Lipinski definition) is 5. The molecule has 1 heterocycles. The Kier molecular flexibility index (Phi) is 3.39. The first-order valence-corrected chi connectivity index (χ1v) is 5.57. The lowest BCUT2D eigenvalue weighted by Crippen LogP contribution is -2.21. The first-order chi connectivity index (χ1) is 8.16. The predicted molar refractivity (Wildman–Crippen MR) is 71.0 cm³/mol. The summed E-state index contributed by atoms with van der Waals surface area (Å²) in [5, 5.41) is 3.20. The van der Waals surface area contributed by atoms with Gasteiger partial charge < -0.3 is 16.0 Å². The van der Waals surface area contributed by atoms with E-state index in [1.165, 1.54) is 0 Å². The molecule has 1 aromatic carbocycles. The van der Waals surface area contributed by atoms with Crippen LogP contribution in [0.5, 0.6) is 0 Å². The first kappa shape index (κ1) is 11.6. The number of aromatic nitrogens is 2. The van der Waals surface area contributed by atoms with Crippen LogP contribution in [-0.2, 0) is 0 Å². The van der Waals surface area contributed by atoms with Crippen LogP contribution < -0.4 is 11.1 Å². The molecule has 5 heteroatoms. The van der Waals surface area contributed by atoms with Crippen LogP contribution in [0.15, 0.2) is 24.3 Å². The van der Waals surface area contributed by atoms with Crippen molar-refractivity contribution in [3.8, 4) is 0 Å². The van der Waals surface area contributed by atoms with E-state index >= 15 is 0 Å². The second-order valence-corrected chi connectivity index (χ2v) is 4.18. The third kappa shape index (κ3) is 2.82. The highest BCUT2D eigenvalue weighted by molar-refractivity contribution is 5.79. The van der Waals surface area contributed by atoms with Crippen molar-refractivity contribution in [2.75, 3.05) is 38.2 Å². The molecule has 0 amide bonds. The number of nitrogens with zero attached hydrogens (tertiary/aromatic N) is 3. The largest absolute Gasteiger partial charge is 0.381 e. The first-order valence-electron chi connectivity index (χ1n) is 5.57. The molecule has 17 heavy (non-hydrogen) atoms. The highest BCUT2D eigenvalue weighted by Crippen LogP contribution is 2.17. The van der Waals surface area contributed by atoms with E-state index in [9.17, 15) is 0 Å². The Balaban J connectivity index is 2.19. The van der Waals surface area contributed by atoms with Gasteiger partial charge in [-0.05, 0) is 26.2 Å². The van der Waals surface area contributed by atoms with Gasteiger partial charge in [-0.3, -0.25) is 0 Å². The summed E-state index contributed by atoms with van der Waals surface area (Å²) in [6.07, 6.45) is 0. The second kappa shape index (κ2) is 4.97. The van der Waals surface area contributed by atoms with Crippen LogP contribution in [0.25, 0.3) is 11.0 Å². The minimum absolute atomic E-state index is 0.447. The molecule has 90 valence electrons. The Morgan fingerprint density at radius 2 is 1.82 bits per heavy atom. The summed E-state index contributed by atoms with van der Waals surface area (Å²) in [4.78, 5) is 10.9. The van der Waals surface area contributed by atoms with Gasteiger partial charge in [-0.15, -0.1) is 0 Å². The number of para-hydroxylation sites is 2. The number of likely N-dealkylation sites (N-methyl/N-ethyl adjacent to an activating group) is 1. The van der Waals surface area contributed by atoms with E-state index in [4.69, 9.17) is 5.73 Å². The fourth-order valence-corrected chi connectivity index (χ4v) is 1.54. The van der Waals surface area contributed by atoms with Crippen molar-refractivity contribution in [3.63, 3.8) is 0 Å². The fraction of sp³-hybridized carbons (Fsp3) is 0.333. The van der Waals surface area contributed by atoms with Crippen LogP contribution in [0.1, 0.15) is 0 Å². The van der Waals surface area contributed by atoms with Crippen molar-refractivity contribution >= 4 is 22.7 Å². The number of benzene rings is 1. The van der Waals surface area contributed by atoms with E-state index in [2.05, 4.69) is 20.2 Å². The normalized spacial score (nSPS) is 11.0. The number of nitrogen functional groups attached to an aromatic ring is 1. The molecule has 5 nitrogen and oxygen atoms in total. The van der Waals surface area contributed by atoms with Gasteiger partial charge in [0.1, 0.15) is 0 Å². The fourth-order valence-electron chi connectivity index (χ4n) is 1.54. The Hall–Kier alpha value is -1.88. The molecule has 0 unspecified atom stereocenters. The van der Waals surface area contributed by atoms with Gasteiger partial charge in [0.15, 0.2) is 11.6 Å². The molecule has 2 rings (SSSR count). The molecule has 0 radical (unpaired) electrons. The maximum absolute atomic E-state index is 5.85. The van der Waals surface area contributed by atoms with Crippen LogP contribution >= 0.6 is 0 Å². The average molecular weight is 231 g/mol. The van der Waals surface area contributed by atoms with Gasteiger partial charge in [0.25, 0.3) is 0 Å². The second-order valence-electron chi connectivity index (χ2n) is 4.18. The zero-order valence-corrected chi connectivity index (χ0v) is 10.1. The highest BCUT2D eigenvalue weighted by atomic mass is 15.1. The lowest BCUT2D eigenvalue weighted by atomic mass is 10.3. The van der Waals surface area contributed by atoms with E-state index in [1.807, 2.05) is 38.4 Å². The third-order valence-corrected chi connectivity index (χ3v) is 2.45. The molecular formula is C12H17N5. The van der Waals surface area contributed by atoms with Crippen molar-refractivity contribution < 1.29 is 0 Å². The molecule has 0 saturated carbocycles. The van der Waals surface area contributed by atoms with E-state index in [0.717, 1.165) is 24.1 Å². The molecule has 0 atom stereocenters. The number of hydrogen-bond donors (Lipinski definition) is 2. The standard InChI is InChI=1S/C12H17N5/c1-17(2)8-7-14-12-11(13)15-9-5-3-4-6-10(9)16-12/h3-6H,7-8H2,1-2H3,(H2,13,15)(H,14,16). The third-order valence-electron chi connectivity index (χ3n) is 2.45. The molecule has 2 aromatic rings. The summed E-state index contributed by atoms with van der Waals surface area (Å²) in [5.41, 5.74) is 7.53. The Morgan fingerprint density at radius 3 is 2.47 bits per heavy atom. The van der Waals surface area contributed by atoms with Gasteiger partial charge in [0.2, 0.25) is 0 Å². The minimum atomic E-state index is 0.447. The number of rotatable bonds is 4. The van der Waals surface area contributed by atoms with Crippen molar-refractivity contribution in [1.82, 2.24) is 14.9 Å². The SMILES string of the molecule is CN(C)CCNc1nc2ccccc2nc1N. The summed E-state index contributed by atoms with van der Waals surface area (Å²) < 4.78 is 0. The van der Waals surface area contributed by atoms with Gasteiger partial charge in [-0.1, -0.05) is 12.1 Å². The maximum Gasteiger partial charge on any atom is 0.169 e. The van der Waals surface area contributed by atoms with Gasteiger partial charge in [0, 0.05) is 13.1 Å². The molecule has 0 aliphatic carbocycles. The lowest BCUT2D eigenvalue weighted by molar-refractivity contribution is 0.425. The molecule has 0 aliphatic rings. The van der Waals surface area contributed by atoms with Crippen LogP contribution in [-0.4, -0.2) is 42.1 Å². The smallest absolute Gasteiger partial charge is 0.169 e. The summed E-state index contributed by atoms with van der Waals surface area (Å²) in [6.45, 7) is 1.72. The molecule has 0 spiro atoms. The van der Waals surface area contributed by atoms with E-state index in [0.29, 0.717) is 11.6 Å². The molecule has 0 bridgehead atoms. The quantitative estimate of drug-likeness (QED) is 0.827. The topological polar surface area (TPSA) is 67.1 Å². The average Bonchev–Trinajstić information content (AvgIpc) is 2.29. The van der Waals surface area contributed by atoms with E-state index in [1.54, 1.807) is 0 Å². The Morgan fingerprint density at radius 1 is 1.18 bits per heavy atom. The van der Waals surface area contributed by atoms with Gasteiger partial charge in [-0.2, -0.15) is 0 Å². The predicted octanol–water partition coefficient (Wildman–Crippen LogP) is 1.19. The van der Waals surface area contributed by atoms with Crippen molar-refractivity contribution in [3.05, 3.63) is 24.3 Å². The van der Waals surface area contributed by atoms with Crippen molar-refractivity contribution in [2.24, 2.45) is 0 Å². The number of nitrogens with one attached hydrogen (secondary N) is 1. The molecule has 3 N–H and O–H groups in total. The summed E-state index contributed by atoms with van der Waals surface area (Å²) in [5.74, 6) is 1.10. The zero-order valence-electron chi connectivity index (χ0n) is 10.1. The molecule has 0 aliphatic heterocycles. The van der Waals surface area contributed by atoms with Crippen molar-refractivity contribution in [1.29, 1.82) is 0 Å². The molecular weight excluding hydrogens is 214 g/mol. The Labute approximate surface area is 101 Å². The van der Waals surface area contributed by atoms with Crippen LogP contribution in [0, 0.1) is 0 Å². The van der Waals surface area contributed by atoms with Gasteiger partial charge in [0.05, 0.1) is 11.0 Å². The van der Waals surface area contributed by atoms with Crippen molar-refractivity contribution in [2.45, 2.75) is 0 Å². The zero-order chi connectivity index (χ0) is 12.3. The van der Waals surface area contributed by atoms with Crippen LogP contribution in [0.4, 0.5) is 11.6 Å². The highest BCUT2D eigenvalue weighted by Gasteiger charge is 2.04. The lowest BCUT2D eigenvalue weighted by Gasteiger charge is -2.12. The van der Waals surface area contributed by atoms with Crippen LogP contribution in [0.2, 0.25) is 0 Å². The number of anilines is 2. The maximum atomic E-state index is 5.85. The van der Waals surface area contributed by atoms with Crippen LogP contribution in [0.3, 0.4) is 0 Å². The minimum Gasteiger partial charge on any atom is -0.381 e. The number of fused-ring (bicyclic) bond motifs is 1. The summed E-state index contributed by atoms with van der Waals surface area (Å²) >= 11 is 0. The van der Waals surface area contributed by atoms with E-state index in [-0.39, 0.29) is 0 Å². The molecule has 1 aromatic heterocycles. The van der Waals surface area contributed by atoms with Gasteiger partial charge in [-0.25, -0.2) is 9.97 Å². The summed E-state index contributed by atoms with van der Waals surface area (Å²) in [6, 6.07) is 7.70. The summed E-state index contributed by atoms with van der Waals surface area (Å²) in [7, 11) is 4.05. The van der Waals surface area contributed by atoms with E-state index < -0.39 is 0 Å².